The molecular weight excluding hydrogens is 286 g/mol. The number of rotatable bonds is 8. The SMILES string of the molecule is COCCNC(=O)Cc1cc2c(cn1)C(OCCOC)=NC2. The summed E-state index contributed by atoms with van der Waals surface area (Å²) in [4.78, 5) is 20.4. The van der Waals surface area contributed by atoms with Crippen LogP contribution in [0.3, 0.4) is 0 Å². The molecule has 7 heteroatoms. The fourth-order valence-electron chi connectivity index (χ4n) is 2.07. The molecule has 1 N–H and O–H groups in total. The van der Waals surface area contributed by atoms with E-state index in [1.807, 2.05) is 6.07 Å². The maximum atomic E-state index is 11.8. The van der Waals surface area contributed by atoms with E-state index in [4.69, 9.17) is 14.2 Å². The highest BCUT2D eigenvalue weighted by Crippen LogP contribution is 2.19. The van der Waals surface area contributed by atoms with Crippen LogP contribution < -0.4 is 5.32 Å². The van der Waals surface area contributed by atoms with E-state index in [2.05, 4.69) is 15.3 Å². The number of methoxy groups -OCH3 is 2. The number of ether oxygens (including phenoxy) is 3. The standard InChI is InChI=1S/C15H21N3O4/c1-20-4-3-16-14(19)8-12-7-11-9-18-15(13(11)10-17-12)22-6-5-21-2/h7,10H,3-6,8-9H2,1-2H3,(H,16,19). The molecule has 0 radical (unpaired) electrons. The summed E-state index contributed by atoms with van der Waals surface area (Å²) >= 11 is 0. The Kier molecular flexibility index (Phi) is 6.29. The monoisotopic (exact) mass is 307 g/mol. The average Bonchev–Trinajstić information content (AvgIpc) is 2.90. The van der Waals surface area contributed by atoms with Gasteiger partial charge < -0.3 is 19.5 Å². The topological polar surface area (TPSA) is 82.0 Å². The summed E-state index contributed by atoms with van der Waals surface area (Å²) < 4.78 is 15.4. The summed E-state index contributed by atoms with van der Waals surface area (Å²) in [5.41, 5.74) is 2.64. The summed E-state index contributed by atoms with van der Waals surface area (Å²) in [5, 5.41) is 2.77. The van der Waals surface area contributed by atoms with Gasteiger partial charge in [0.15, 0.2) is 0 Å². The predicted molar refractivity (Wildman–Crippen MR) is 80.9 cm³/mol. The lowest BCUT2D eigenvalue weighted by Gasteiger charge is -2.08. The van der Waals surface area contributed by atoms with Crippen LogP contribution in [0.5, 0.6) is 0 Å². The highest BCUT2D eigenvalue weighted by molar-refractivity contribution is 5.97. The summed E-state index contributed by atoms with van der Waals surface area (Å²) in [7, 11) is 3.22. The van der Waals surface area contributed by atoms with Gasteiger partial charge in [-0.3, -0.25) is 9.78 Å². The number of carbonyl (C=O) groups is 1. The molecule has 2 heterocycles. The number of amides is 1. The molecule has 0 atom stereocenters. The zero-order valence-electron chi connectivity index (χ0n) is 12.9. The van der Waals surface area contributed by atoms with Gasteiger partial charge in [-0.25, -0.2) is 4.99 Å². The molecule has 0 saturated carbocycles. The van der Waals surface area contributed by atoms with E-state index in [-0.39, 0.29) is 12.3 Å². The van der Waals surface area contributed by atoms with Crippen molar-refractivity contribution in [3.63, 3.8) is 0 Å². The largest absolute Gasteiger partial charge is 0.475 e. The average molecular weight is 307 g/mol. The number of hydrogen-bond acceptors (Lipinski definition) is 6. The van der Waals surface area contributed by atoms with Crippen molar-refractivity contribution in [3.8, 4) is 0 Å². The summed E-state index contributed by atoms with van der Waals surface area (Å²) in [6, 6.07) is 1.90. The van der Waals surface area contributed by atoms with Crippen LogP contribution in [-0.4, -0.2) is 57.4 Å². The van der Waals surface area contributed by atoms with Crippen LogP contribution >= 0.6 is 0 Å². The van der Waals surface area contributed by atoms with E-state index in [0.29, 0.717) is 38.8 Å². The molecular formula is C15H21N3O4. The highest BCUT2D eigenvalue weighted by Gasteiger charge is 2.19. The first-order valence-electron chi connectivity index (χ1n) is 7.14. The van der Waals surface area contributed by atoms with Gasteiger partial charge >= 0.3 is 0 Å². The third-order valence-corrected chi connectivity index (χ3v) is 3.17. The van der Waals surface area contributed by atoms with Crippen molar-refractivity contribution in [2.24, 2.45) is 4.99 Å². The van der Waals surface area contributed by atoms with Gasteiger partial charge in [-0.15, -0.1) is 0 Å². The number of carbonyl (C=O) groups excluding carboxylic acids is 1. The normalized spacial score (nSPS) is 12.7. The van der Waals surface area contributed by atoms with Crippen LogP contribution in [-0.2, 0) is 32.0 Å². The Morgan fingerprint density at radius 2 is 2.09 bits per heavy atom. The first-order valence-corrected chi connectivity index (χ1v) is 7.14. The Hall–Kier alpha value is -1.99. The zero-order valence-corrected chi connectivity index (χ0v) is 12.9. The van der Waals surface area contributed by atoms with Crippen molar-refractivity contribution in [1.29, 1.82) is 0 Å². The number of hydrogen-bond donors (Lipinski definition) is 1. The minimum absolute atomic E-state index is 0.0695. The summed E-state index contributed by atoms with van der Waals surface area (Å²) in [6.45, 7) is 2.53. The highest BCUT2D eigenvalue weighted by atomic mass is 16.5. The second kappa shape index (κ2) is 8.45. The first-order chi connectivity index (χ1) is 10.7. The third kappa shape index (κ3) is 4.51. The number of aliphatic imine (C=N–C) groups is 1. The van der Waals surface area contributed by atoms with Crippen LogP contribution in [0.2, 0.25) is 0 Å². The maximum absolute atomic E-state index is 11.8. The molecule has 22 heavy (non-hydrogen) atoms. The second-order valence-corrected chi connectivity index (χ2v) is 4.81. The lowest BCUT2D eigenvalue weighted by Crippen LogP contribution is -2.28. The Balaban J connectivity index is 1.89. The van der Waals surface area contributed by atoms with Crippen LogP contribution in [0.1, 0.15) is 16.8 Å². The number of nitrogens with zero attached hydrogens (tertiary/aromatic N) is 2. The van der Waals surface area contributed by atoms with E-state index in [1.54, 1.807) is 20.4 Å². The molecule has 0 aromatic carbocycles. The van der Waals surface area contributed by atoms with E-state index in [1.165, 1.54) is 0 Å². The molecule has 0 bridgehead atoms. The smallest absolute Gasteiger partial charge is 0.226 e. The molecule has 1 aliphatic rings. The van der Waals surface area contributed by atoms with Crippen molar-refractivity contribution in [2.45, 2.75) is 13.0 Å². The van der Waals surface area contributed by atoms with E-state index in [9.17, 15) is 4.79 Å². The van der Waals surface area contributed by atoms with Crippen molar-refractivity contribution < 1.29 is 19.0 Å². The van der Waals surface area contributed by atoms with Gasteiger partial charge in [-0.1, -0.05) is 0 Å². The lowest BCUT2D eigenvalue weighted by molar-refractivity contribution is -0.120. The molecule has 2 rings (SSSR count). The minimum atomic E-state index is -0.0695. The van der Waals surface area contributed by atoms with Gasteiger partial charge in [-0.2, -0.15) is 0 Å². The van der Waals surface area contributed by atoms with Crippen molar-refractivity contribution in [3.05, 3.63) is 29.1 Å². The fourth-order valence-corrected chi connectivity index (χ4v) is 2.07. The first kappa shape index (κ1) is 16.4. The number of nitrogens with one attached hydrogen (secondary N) is 1. The van der Waals surface area contributed by atoms with Crippen molar-refractivity contribution >= 4 is 11.8 Å². The van der Waals surface area contributed by atoms with E-state index in [0.717, 1.165) is 16.8 Å². The van der Waals surface area contributed by atoms with Gasteiger partial charge in [0.25, 0.3) is 0 Å². The van der Waals surface area contributed by atoms with E-state index < -0.39 is 0 Å². The molecule has 1 amide bonds. The van der Waals surface area contributed by atoms with Crippen LogP contribution in [0.25, 0.3) is 0 Å². The number of pyridine rings is 1. The van der Waals surface area contributed by atoms with Gasteiger partial charge in [0.2, 0.25) is 11.8 Å². The summed E-state index contributed by atoms with van der Waals surface area (Å²) in [6.07, 6.45) is 1.96. The maximum Gasteiger partial charge on any atom is 0.226 e. The lowest BCUT2D eigenvalue weighted by atomic mass is 10.1. The van der Waals surface area contributed by atoms with Crippen molar-refractivity contribution in [2.75, 3.05) is 40.6 Å². The van der Waals surface area contributed by atoms with Crippen molar-refractivity contribution in [1.82, 2.24) is 10.3 Å². The fraction of sp³-hybridized carbons (Fsp3) is 0.533. The van der Waals surface area contributed by atoms with Gasteiger partial charge in [0.05, 0.1) is 37.4 Å². The minimum Gasteiger partial charge on any atom is -0.475 e. The Labute approximate surface area is 129 Å². The molecule has 0 saturated heterocycles. The molecule has 0 unspecified atom stereocenters. The van der Waals surface area contributed by atoms with Crippen LogP contribution in [0.15, 0.2) is 17.3 Å². The molecule has 0 fully saturated rings. The third-order valence-electron chi connectivity index (χ3n) is 3.17. The Morgan fingerprint density at radius 3 is 2.86 bits per heavy atom. The molecule has 1 aromatic heterocycles. The quantitative estimate of drug-likeness (QED) is 0.699. The Morgan fingerprint density at radius 1 is 1.27 bits per heavy atom. The molecule has 1 aromatic rings. The van der Waals surface area contributed by atoms with Gasteiger partial charge in [0.1, 0.15) is 6.61 Å². The van der Waals surface area contributed by atoms with Gasteiger partial charge in [-0.05, 0) is 11.6 Å². The van der Waals surface area contributed by atoms with E-state index >= 15 is 0 Å². The Bertz CT molecular complexity index is 546. The zero-order chi connectivity index (χ0) is 15.8. The summed E-state index contributed by atoms with van der Waals surface area (Å²) in [5.74, 6) is 0.524. The molecule has 1 aliphatic heterocycles. The second-order valence-electron chi connectivity index (χ2n) is 4.81. The van der Waals surface area contributed by atoms with Crippen LogP contribution in [0, 0.1) is 0 Å². The van der Waals surface area contributed by atoms with Crippen LogP contribution in [0.4, 0.5) is 0 Å². The number of fused-ring (bicyclic) bond motifs is 1. The molecule has 0 aliphatic carbocycles. The molecule has 7 nitrogen and oxygen atoms in total. The molecule has 0 spiro atoms. The van der Waals surface area contributed by atoms with Gasteiger partial charge in [0, 0.05) is 27.0 Å². The molecule has 120 valence electrons. The number of aromatic nitrogens is 1. The predicted octanol–water partition coefficient (Wildman–Crippen LogP) is 0.310.